The Labute approximate surface area is 720 Å². The van der Waals surface area contributed by atoms with Crippen molar-refractivity contribution in [3.05, 3.63) is 292 Å². The number of fused-ring (bicyclic) bond motifs is 9. The second-order valence-corrected chi connectivity index (χ2v) is 36.5. The normalized spacial score (nSPS) is 14.5. The second kappa shape index (κ2) is 41.5. The quantitative estimate of drug-likeness (QED) is 0.106. The molecule has 1 aliphatic carbocycles. The number of ether oxygens (including phenoxy) is 2. The minimum atomic E-state index is 0.566. The highest BCUT2D eigenvalue weighted by Crippen LogP contribution is 2.40. The van der Waals surface area contributed by atoms with E-state index in [1.165, 1.54) is 148 Å². The van der Waals surface area contributed by atoms with E-state index in [1.54, 1.807) is 0 Å². The zero-order valence-corrected chi connectivity index (χ0v) is 76.6. The maximum Gasteiger partial charge on any atom is 0.142 e. The van der Waals surface area contributed by atoms with E-state index in [1.807, 2.05) is 12.5 Å². The second-order valence-electron chi connectivity index (χ2n) is 36.5. The van der Waals surface area contributed by atoms with Crippen LogP contribution >= 0.6 is 0 Å². The van der Waals surface area contributed by atoms with Crippen LogP contribution in [0.2, 0.25) is 0 Å². The highest BCUT2D eigenvalue weighted by molar-refractivity contribution is 5.82. The van der Waals surface area contributed by atoms with Crippen LogP contribution in [0.3, 0.4) is 0 Å². The van der Waals surface area contributed by atoms with Gasteiger partial charge in [-0.3, -0.25) is 4.68 Å². The van der Waals surface area contributed by atoms with Gasteiger partial charge in [0.25, 0.3) is 0 Å². The lowest BCUT2D eigenvalue weighted by Crippen LogP contribution is -2.28. The Kier molecular flexibility index (Phi) is 31.2. The number of aromatic nitrogens is 6. The molecule has 1 fully saturated rings. The molecule has 0 bridgehead atoms. The monoisotopic (exact) mass is 1610 g/mol. The first kappa shape index (κ1) is 90.1. The maximum absolute atomic E-state index is 5.64. The molecule has 4 N–H and O–H groups in total. The van der Waals surface area contributed by atoms with Crippen molar-refractivity contribution in [3.8, 4) is 11.5 Å². The van der Waals surface area contributed by atoms with Gasteiger partial charge < -0.3 is 49.3 Å². The summed E-state index contributed by atoms with van der Waals surface area (Å²) in [5.74, 6) is 7.43. The van der Waals surface area contributed by atoms with E-state index in [0.717, 1.165) is 111 Å². The summed E-state index contributed by atoms with van der Waals surface area (Å²) in [4.78, 5) is 6.72. The van der Waals surface area contributed by atoms with Gasteiger partial charge in [-0.2, -0.15) is 5.10 Å². The first-order chi connectivity index (χ1) is 57.4. The minimum Gasteiger partial charge on any atom is -0.490 e. The van der Waals surface area contributed by atoms with Gasteiger partial charge in [-0.15, -0.1) is 0 Å². The Morgan fingerprint density at radius 2 is 0.933 bits per heavy atom. The van der Waals surface area contributed by atoms with Crippen molar-refractivity contribution in [1.82, 2.24) is 28.5 Å². The van der Waals surface area contributed by atoms with Crippen molar-refractivity contribution >= 4 is 61.3 Å². The number of nitrogens with zero attached hydrogens (tertiary/aromatic N) is 7. The SMILES string of the molecule is C=C1CCc2cc(C(C)C)ccc2N1.C=C1CCc2cc(C(C)C)ccc2N1.C=C1Cc2cc(C(C)C)ccc2N1.CC(C)c1cc2ccccc2n1C.CC(C)c1ccc2c(c1)OCCN2.CC(C)c1ccc2c(c1)OCCN2C.CC(C)c1ccc2c(c1)ncn2C1CC1.CC(C)c1ccc2ccn(C)c2c1.CC(C)c1cnn2c1CCC2. The number of para-hydroxylation sites is 1. The fourth-order valence-corrected chi connectivity index (χ4v) is 16.0. The molecule has 8 aromatic carbocycles. The Bertz CT molecular complexity index is 5360. The van der Waals surface area contributed by atoms with Crippen molar-refractivity contribution in [2.24, 2.45) is 14.1 Å². The lowest BCUT2D eigenvalue weighted by atomic mass is 9.95. The smallest absolute Gasteiger partial charge is 0.142 e. The van der Waals surface area contributed by atoms with Gasteiger partial charge in [0.2, 0.25) is 0 Å². The molecule has 120 heavy (non-hydrogen) atoms. The molecule has 4 aromatic heterocycles. The number of aryl methyl sites for hydroxylation is 5. The van der Waals surface area contributed by atoms with Crippen LogP contribution in [-0.4, -0.2) is 61.8 Å². The Hall–Kier alpha value is -10.7. The van der Waals surface area contributed by atoms with Crippen molar-refractivity contribution in [2.75, 3.05) is 59.5 Å². The van der Waals surface area contributed by atoms with Crippen LogP contribution in [0.25, 0.3) is 32.8 Å². The van der Waals surface area contributed by atoms with Gasteiger partial charge in [-0.25, -0.2) is 4.98 Å². The lowest BCUT2D eigenvalue weighted by molar-refractivity contribution is 0.311. The molecule has 7 aliphatic rings. The molecule has 0 amide bonds. The summed E-state index contributed by atoms with van der Waals surface area (Å²) >= 11 is 0. The number of imidazole rings is 1. The van der Waals surface area contributed by atoms with Crippen LogP contribution in [0, 0.1) is 0 Å². The third kappa shape index (κ3) is 23.7. The maximum atomic E-state index is 5.64. The molecule has 19 rings (SSSR count). The van der Waals surface area contributed by atoms with Crippen molar-refractivity contribution in [3.63, 3.8) is 0 Å². The molecule has 10 heterocycles. The fourth-order valence-electron chi connectivity index (χ4n) is 16.0. The van der Waals surface area contributed by atoms with Crippen LogP contribution in [0.4, 0.5) is 28.4 Å². The van der Waals surface area contributed by atoms with Crippen LogP contribution < -0.4 is 35.6 Å². The fraction of sp³-hybridized carbons (Fsp3) is 0.421. The van der Waals surface area contributed by atoms with Crippen molar-refractivity contribution in [1.29, 1.82) is 0 Å². The van der Waals surface area contributed by atoms with Crippen molar-refractivity contribution in [2.45, 2.75) is 248 Å². The Balaban J connectivity index is 0.000000132. The molecule has 636 valence electrons. The summed E-state index contributed by atoms with van der Waals surface area (Å²) in [6.07, 6.45) is 16.6. The summed E-state index contributed by atoms with van der Waals surface area (Å²) < 4.78 is 20.1. The molecule has 0 radical (unpaired) electrons. The van der Waals surface area contributed by atoms with E-state index in [0.29, 0.717) is 53.3 Å². The molecular formula is C107H141N11O2. The third-order valence-electron chi connectivity index (χ3n) is 24.0. The lowest BCUT2D eigenvalue weighted by Gasteiger charge is -2.28. The highest BCUT2D eigenvalue weighted by atomic mass is 16.5. The van der Waals surface area contributed by atoms with Crippen LogP contribution in [0.5, 0.6) is 11.5 Å². The standard InChI is InChI=1S/C13H16N2.2C13H17N.C12H17NO.3C12H15N.C11H15NO.C9H14N2/c1-9(2)10-3-6-13-12(7-10)14-8-15(13)11-4-5-11;2*1-9(2)11-6-7-13-12(8-11)5-4-10(3)14-13;1-9(2)10-4-5-11-12(8-10)14-7-6-13(11)3;1-8(2)10-4-5-12-11(7-10)6-9(3)13-12;1-9(2)11-5-4-10-6-7-13(3)12(10)8-11;1-9(2)12-8-10-6-4-5-7-11(10)13(12)3;1-8(2)9-3-4-10-11(7-9)13-6-5-12-10;1-7(2)8-6-10-11-5-3-4-9(8)11/h3,6-9,11H,4-5H2,1-2H3;2*6-9,14H,3-5H2,1-2H3;4-5,8-9H,6-7H2,1-3H3;4-5,7-8,13H,3,6H2,1-2H3;2*4-9H,1-3H3;3-4,7-8,12H,5-6H2,1-2H3;6-7H,3-5H2,1-2H3. The van der Waals surface area contributed by atoms with Gasteiger partial charge in [0.15, 0.2) is 0 Å². The molecule has 0 spiro atoms. The predicted octanol–water partition coefficient (Wildman–Crippen LogP) is 28.0. The molecule has 13 nitrogen and oxygen atoms in total. The number of anilines is 5. The summed E-state index contributed by atoms with van der Waals surface area (Å²) in [7, 11) is 6.33. The van der Waals surface area contributed by atoms with Gasteiger partial charge in [-0.1, -0.05) is 229 Å². The van der Waals surface area contributed by atoms with Crippen LogP contribution in [0.15, 0.2) is 219 Å². The molecule has 6 aliphatic heterocycles. The summed E-state index contributed by atoms with van der Waals surface area (Å²) in [5.41, 5.74) is 32.8. The first-order valence-electron chi connectivity index (χ1n) is 44.7. The van der Waals surface area contributed by atoms with E-state index >= 15 is 0 Å². The van der Waals surface area contributed by atoms with Gasteiger partial charge in [0.05, 0.1) is 41.5 Å². The number of nitrogens with one attached hydrogen (secondary N) is 4. The molecule has 0 atom stereocenters. The third-order valence-corrected chi connectivity index (χ3v) is 24.0. The molecule has 13 heteroatoms. The van der Waals surface area contributed by atoms with E-state index < -0.39 is 0 Å². The van der Waals surface area contributed by atoms with Crippen molar-refractivity contribution < 1.29 is 9.47 Å². The molecule has 0 unspecified atom stereocenters. The predicted molar refractivity (Wildman–Crippen MR) is 515 cm³/mol. The zero-order valence-electron chi connectivity index (χ0n) is 76.6. The van der Waals surface area contributed by atoms with Gasteiger partial charge >= 0.3 is 0 Å². The average Bonchev–Trinajstić information content (AvgIpc) is 1.65. The van der Waals surface area contributed by atoms with Gasteiger partial charge in [-0.05, 0) is 255 Å². The molecule has 0 saturated heterocycles. The Morgan fingerprint density at radius 1 is 0.425 bits per heavy atom. The number of allylic oxidation sites excluding steroid dienone is 3. The minimum absolute atomic E-state index is 0.566. The topological polar surface area (TPSA) is 115 Å². The number of likely N-dealkylation sites (N-methyl/N-ethyl adjacent to an activating group) is 1. The van der Waals surface area contributed by atoms with E-state index in [4.69, 9.17) is 9.47 Å². The van der Waals surface area contributed by atoms with E-state index in [2.05, 4.69) is 390 Å². The van der Waals surface area contributed by atoms with Gasteiger partial charge in [0.1, 0.15) is 24.7 Å². The number of rotatable bonds is 10. The van der Waals surface area contributed by atoms with E-state index in [-0.39, 0.29) is 0 Å². The van der Waals surface area contributed by atoms with E-state index in [9.17, 15) is 0 Å². The first-order valence-corrected chi connectivity index (χ1v) is 44.7. The average molecular weight is 1610 g/mol. The van der Waals surface area contributed by atoms with Crippen LogP contribution in [0.1, 0.15) is 289 Å². The molecular weight excluding hydrogens is 1470 g/mol. The summed E-state index contributed by atoms with van der Waals surface area (Å²) in [6.45, 7) is 56.4. The summed E-state index contributed by atoms with van der Waals surface area (Å²) in [5, 5.41) is 20.2. The largest absolute Gasteiger partial charge is 0.490 e. The number of hydrogen-bond acceptors (Lipinski definition) is 9. The zero-order chi connectivity index (χ0) is 86.2. The number of benzene rings is 8. The van der Waals surface area contributed by atoms with Gasteiger partial charge in [0, 0.05) is 109 Å². The molecule has 12 aromatic rings. The van der Waals surface area contributed by atoms with Crippen LogP contribution in [-0.2, 0) is 46.3 Å². The highest BCUT2D eigenvalue weighted by Gasteiger charge is 2.26. The summed E-state index contributed by atoms with van der Waals surface area (Å²) in [6, 6.07) is 60.0. The molecule has 1 saturated carbocycles. The Morgan fingerprint density at radius 3 is 1.51 bits per heavy atom. The number of hydrogen-bond donors (Lipinski definition) is 4.